The summed E-state index contributed by atoms with van der Waals surface area (Å²) in [4.78, 5) is 34.7. The molecule has 3 atom stereocenters. The normalized spacial score (nSPS) is 22.0. The van der Waals surface area contributed by atoms with Gasteiger partial charge in [-0.25, -0.2) is 23.4 Å². The van der Waals surface area contributed by atoms with Crippen molar-refractivity contribution in [2.45, 2.75) is 25.2 Å². The molecule has 3 unspecified atom stereocenters. The summed E-state index contributed by atoms with van der Waals surface area (Å²) in [6.07, 6.45) is 0.416. The summed E-state index contributed by atoms with van der Waals surface area (Å²) < 4.78 is 39.1. The van der Waals surface area contributed by atoms with Crippen molar-refractivity contribution in [2.24, 2.45) is 4.99 Å². The molecule has 1 aromatic heterocycles. The zero-order valence-corrected chi connectivity index (χ0v) is 21.5. The molecule has 192 valence electrons. The van der Waals surface area contributed by atoms with Crippen LogP contribution in [0.25, 0.3) is 0 Å². The first-order valence-corrected chi connectivity index (χ1v) is 12.7. The van der Waals surface area contributed by atoms with Crippen LogP contribution in [0.4, 0.5) is 8.78 Å². The minimum atomic E-state index is -1.21. The highest BCUT2D eigenvalue weighted by atomic mass is 79.9. The summed E-state index contributed by atoms with van der Waals surface area (Å²) in [5, 5.41) is 14.3. The van der Waals surface area contributed by atoms with Crippen molar-refractivity contribution >= 4 is 45.0 Å². The van der Waals surface area contributed by atoms with Gasteiger partial charge in [0.1, 0.15) is 24.6 Å². The summed E-state index contributed by atoms with van der Waals surface area (Å²) in [5.41, 5.74) is 1.18. The molecule has 0 saturated carbocycles. The average Bonchev–Trinajstić information content (AvgIpc) is 3.36. The van der Waals surface area contributed by atoms with Crippen molar-refractivity contribution in [3.63, 3.8) is 0 Å². The largest absolute Gasteiger partial charge is 0.480 e. The molecule has 3 heterocycles. The van der Waals surface area contributed by atoms with E-state index in [4.69, 9.17) is 19.6 Å². The van der Waals surface area contributed by atoms with Crippen LogP contribution in [0.5, 0.6) is 0 Å². The van der Waals surface area contributed by atoms with E-state index in [1.54, 1.807) is 29.5 Å². The van der Waals surface area contributed by atoms with Gasteiger partial charge in [0.05, 0.1) is 24.8 Å². The highest BCUT2D eigenvalue weighted by molar-refractivity contribution is 9.10. The zero-order valence-electron chi connectivity index (χ0n) is 19.1. The number of carboxylic acids is 1. The van der Waals surface area contributed by atoms with E-state index in [9.17, 15) is 18.4 Å². The van der Waals surface area contributed by atoms with E-state index < -0.39 is 42.6 Å². The second-order valence-corrected chi connectivity index (χ2v) is 9.79. The molecule has 0 amide bonds. The predicted molar refractivity (Wildman–Crippen MR) is 131 cm³/mol. The number of likely N-dealkylation sites (tertiary alicyclic amines) is 1. The van der Waals surface area contributed by atoms with Crippen molar-refractivity contribution in [3.8, 4) is 0 Å². The quantitative estimate of drug-likeness (QED) is 0.410. The molecule has 2 aliphatic rings. The van der Waals surface area contributed by atoms with Crippen LogP contribution >= 0.6 is 27.3 Å². The van der Waals surface area contributed by atoms with Crippen molar-refractivity contribution in [1.82, 2.24) is 15.2 Å². The maximum absolute atomic E-state index is 14.3. The molecular weight excluding hydrogens is 562 g/mol. The topological polar surface area (TPSA) is 113 Å². The van der Waals surface area contributed by atoms with E-state index in [0.29, 0.717) is 26.6 Å². The molecule has 0 radical (unpaired) electrons. The van der Waals surface area contributed by atoms with E-state index in [2.05, 4.69) is 26.2 Å². The fourth-order valence-corrected chi connectivity index (χ4v) is 5.16. The van der Waals surface area contributed by atoms with Crippen LogP contribution in [-0.2, 0) is 19.1 Å². The molecule has 0 aliphatic carbocycles. The molecule has 0 bridgehead atoms. The predicted octanol–water partition coefficient (Wildman–Crippen LogP) is 3.08. The lowest BCUT2D eigenvalue weighted by molar-refractivity contribution is -0.144. The first-order valence-electron chi connectivity index (χ1n) is 11.1. The van der Waals surface area contributed by atoms with Crippen molar-refractivity contribution in [1.29, 1.82) is 0 Å². The van der Waals surface area contributed by atoms with Gasteiger partial charge in [0.15, 0.2) is 10.8 Å². The van der Waals surface area contributed by atoms with Crippen LogP contribution in [-0.4, -0.2) is 77.9 Å². The monoisotopic (exact) mass is 584 g/mol. The number of carbonyl (C=O) groups excluding carboxylic acids is 1. The second kappa shape index (κ2) is 11.5. The SMILES string of the molecule is CCOC(=O)C1=C(CN2CC(F)C2COCC(=O)O)NC(c2nccs2)=NC1c1ccc(F)cc1Br. The number of nitrogens with one attached hydrogen (secondary N) is 1. The molecule has 1 fully saturated rings. The summed E-state index contributed by atoms with van der Waals surface area (Å²) in [6.45, 7) is 1.36. The van der Waals surface area contributed by atoms with Gasteiger partial charge in [-0.3, -0.25) is 9.89 Å². The first kappa shape index (κ1) is 26.3. The number of hydrogen-bond donors (Lipinski definition) is 2. The van der Waals surface area contributed by atoms with Crippen molar-refractivity contribution in [3.05, 3.63) is 61.9 Å². The van der Waals surface area contributed by atoms with Crippen LogP contribution in [0.15, 0.2) is 50.5 Å². The number of thiazole rings is 1. The first-order chi connectivity index (χ1) is 17.3. The number of aromatic nitrogens is 1. The van der Waals surface area contributed by atoms with E-state index in [0.717, 1.165) is 0 Å². The van der Waals surface area contributed by atoms with Gasteiger partial charge in [-0.15, -0.1) is 11.3 Å². The molecule has 2 N–H and O–H groups in total. The number of carboxylic acid groups (broad SMARTS) is 1. The Morgan fingerprint density at radius 3 is 2.83 bits per heavy atom. The van der Waals surface area contributed by atoms with Gasteiger partial charge >= 0.3 is 11.9 Å². The number of esters is 1. The summed E-state index contributed by atoms with van der Waals surface area (Å²) in [7, 11) is 0. The summed E-state index contributed by atoms with van der Waals surface area (Å²) >= 11 is 4.72. The average molecular weight is 585 g/mol. The number of aliphatic imine (C=N–C) groups is 1. The Labute approximate surface area is 218 Å². The number of carbonyl (C=O) groups is 2. The van der Waals surface area contributed by atoms with Crippen molar-refractivity contribution < 1.29 is 33.0 Å². The Balaban J connectivity index is 1.72. The fourth-order valence-electron chi connectivity index (χ4n) is 4.00. The number of ether oxygens (including phenoxy) is 2. The van der Waals surface area contributed by atoms with Gasteiger partial charge in [-0.1, -0.05) is 22.0 Å². The number of halogens is 3. The third kappa shape index (κ3) is 5.80. The van der Waals surface area contributed by atoms with Gasteiger partial charge in [-0.2, -0.15) is 0 Å². The Morgan fingerprint density at radius 2 is 2.19 bits per heavy atom. The fraction of sp³-hybridized carbons (Fsp3) is 0.391. The Bertz CT molecular complexity index is 1190. The minimum absolute atomic E-state index is 0.0804. The lowest BCUT2D eigenvalue weighted by Crippen LogP contribution is -2.61. The van der Waals surface area contributed by atoms with Crippen LogP contribution in [0.1, 0.15) is 23.5 Å². The molecule has 2 aliphatic heterocycles. The lowest BCUT2D eigenvalue weighted by atomic mass is 9.94. The van der Waals surface area contributed by atoms with Crippen molar-refractivity contribution in [2.75, 3.05) is 32.9 Å². The zero-order chi connectivity index (χ0) is 25.8. The standard InChI is InChI=1S/C23H23BrF2N4O5S/c1-2-35-23(33)19-16(9-30-8-15(26)17(30)10-34-11-18(31)32)28-21(22-27-5-6-36-22)29-20(19)13-4-3-12(25)7-14(13)24/h3-7,15,17,20H,2,8-11H2,1H3,(H,28,29)(H,31,32). The smallest absolute Gasteiger partial charge is 0.338 e. The molecule has 36 heavy (non-hydrogen) atoms. The number of benzene rings is 1. The van der Waals surface area contributed by atoms with Gasteiger partial charge in [0.25, 0.3) is 0 Å². The van der Waals surface area contributed by atoms with E-state index >= 15 is 0 Å². The molecule has 4 rings (SSSR count). The number of alkyl halides is 1. The molecule has 1 aromatic carbocycles. The third-order valence-electron chi connectivity index (χ3n) is 5.68. The summed E-state index contributed by atoms with van der Waals surface area (Å²) in [5.74, 6) is -1.80. The molecule has 2 aromatic rings. The molecule has 0 spiro atoms. The Kier molecular flexibility index (Phi) is 8.44. The van der Waals surface area contributed by atoms with Crippen LogP contribution in [0, 0.1) is 5.82 Å². The van der Waals surface area contributed by atoms with E-state index in [1.165, 1.54) is 23.5 Å². The second-order valence-electron chi connectivity index (χ2n) is 8.04. The lowest BCUT2D eigenvalue weighted by Gasteiger charge is -2.44. The third-order valence-corrected chi connectivity index (χ3v) is 7.15. The van der Waals surface area contributed by atoms with E-state index in [-0.39, 0.29) is 31.9 Å². The Hall–Kier alpha value is -2.74. The summed E-state index contributed by atoms with van der Waals surface area (Å²) in [6, 6.07) is 2.58. The molecular formula is C23H23BrF2N4O5S. The number of nitrogens with zero attached hydrogens (tertiary/aromatic N) is 3. The minimum Gasteiger partial charge on any atom is -0.480 e. The number of aliphatic carboxylic acids is 1. The molecule has 13 heteroatoms. The number of rotatable bonds is 10. The van der Waals surface area contributed by atoms with Crippen LogP contribution < -0.4 is 5.32 Å². The molecule has 1 saturated heterocycles. The highest BCUT2D eigenvalue weighted by Crippen LogP contribution is 2.37. The molecule has 9 nitrogen and oxygen atoms in total. The maximum atomic E-state index is 14.3. The van der Waals surface area contributed by atoms with E-state index in [1.807, 2.05) is 0 Å². The van der Waals surface area contributed by atoms with Crippen LogP contribution in [0.2, 0.25) is 0 Å². The van der Waals surface area contributed by atoms with Crippen LogP contribution in [0.3, 0.4) is 0 Å². The van der Waals surface area contributed by atoms with Gasteiger partial charge < -0.3 is 19.9 Å². The highest BCUT2D eigenvalue weighted by Gasteiger charge is 2.42. The van der Waals surface area contributed by atoms with Gasteiger partial charge in [0, 0.05) is 34.8 Å². The number of amidine groups is 1. The maximum Gasteiger partial charge on any atom is 0.338 e. The van der Waals surface area contributed by atoms with Gasteiger partial charge in [0.2, 0.25) is 0 Å². The number of hydrogen-bond acceptors (Lipinski definition) is 9. The van der Waals surface area contributed by atoms with Gasteiger partial charge in [-0.05, 0) is 24.6 Å². The Morgan fingerprint density at radius 1 is 1.39 bits per heavy atom.